The van der Waals surface area contributed by atoms with Crippen LogP contribution in [0.15, 0.2) is 54.6 Å². The Bertz CT molecular complexity index is 675. The van der Waals surface area contributed by atoms with Crippen molar-refractivity contribution in [3.63, 3.8) is 0 Å². The lowest BCUT2D eigenvalue weighted by atomic mass is 9.89. The average molecular weight is 404 g/mol. The van der Waals surface area contributed by atoms with Crippen LogP contribution in [-0.2, 0) is 4.79 Å². The molecule has 0 aliphatic heterocycles. The van der Waals surface area contributed by atoms with Crippen molar-refractivity contribution < 1.29 is 25.2 Å². The van der Waals surface area contributed by atoms with E-state index in [4.69, 9.17) is 5.11 Å². The van der Waals surface area contributed by atoms with Crippen LogP contribution in [0.2, 0.25) is 0 Å². The third-order valence-electron chi connectivity index (χ3n) is 5.47. The standard InChI is InChI=1S/C23H33NO5/c1-24(17-9-5-4-6-10-17)16-18(25)13-14-20-19(21(26)15-22(20)27)11-7-2-3-8-12-23(28)29/h2,4-7,9-10,13-14,18-22,25-27H,3,8,11-12,15-16H2,1H3,(H,28,29)/b7-2-,14-13+/t18-,19?,20-,21?,22?/m1/s1. The minimum atomic E-state index is -0.797. The highest BCUT2D eigenvalue weighted by Gasteiger charge is 2.39. The summed E-state index contributed by atoms with van der Waals surface area (Å²) in [7, 11) is 1.92. The fourth-order valence-corrected chi connectivity index (χ4v) is 3.83. The Morgan fingerprint density at radius 2 is 1.93 bits per heavy atom. The van der Waals surface area contributed by atoms with Gasteiger partial charge in [0.2, 0.25) is 0 Å². The van der Waals surface area contributed by atoms with Crippen molar-refractivity contribution in [2.24, 2.45) is 11.8 Å². The van der Waals surface area contributed by atoms with Crippen LogP contribution in [0, 0.1) is 11.8 Å². The molecule has 0 saturated heterocycles. The molecule has 1 aliphatic rings. The third kappa shape index (κ3) is 7.65. The zero-order valence-electron chi connectivity index (χ0n) is 17.0. The number of carboxylic acids is 1. The molecule has 160 valence electrons. The molecule has 3 unspecified atom stereocenters. The van der Waals surface area contributed by atoms with E-state index in [9.17, 15) is 20.1 Å². The maximum atomic E-state index is 10.5. The summed E-state index contributed by atoms with van der Waals surface area (Å²) in [6.07, 6.45) is 7.87. The van der Waals surface area contributed by atoms with Gasteiger partial charge in [0.25, 0.3) is 0 Å². The molecule has 0 aromatic heterocycles. The minimum Gasteiger partial charge on any atom is -0.481 e. The summed E-state index contributed by atoms with van der Waals surface area (Å²) in [6, 6.07) is 9.80. The number of aliphatic hydroxyl groups excluding tert-OH is 3. The van der Waals surface area contributed by atoms with Crippen LogP contribution in [0.4, 0.5) is 5.69 Å². The number of allylic oxidation sites excluding steroid dienone is 2. The van der Waals surface area contributed by atoms with Gasteiger partial charge < -0.3 is 25.3 Å². The van der Waals surface area contributed by atoms with Crippen molar-refractivity contribution in [2.75, 3.05) is 18.5 Å². The molecule has 0 radical (unpaired) electrons. The molecule has 5 atom stereocenters. The number of para-hydroxylation sites is 1. The van der Waals surface area contributed by atoms with Crippen LogP contribution < -0.4 is 4.90 Å². The SMILES string of the molecule is CN(C[C@H](O)/C=C/[C@H]1C(O)CC(O)C1C/C=C\CCCC(=O)O)c1ccccc1. The van der Waals surface area contributed by atoms with Crippen molar-refractivity contribution in [3.8, 4) is 0 Å². The van der Waals surface area contributed by atoms with Crippen LogP contribution in [-0.4, -0.2) is 58.3 Å². The molecule has 0 amide bonds. The van der Waals surface area contributed by atoms with Crippen LogP contribution in [0.5, 0.6) is 0 Å². The lowest BCUT2D eigenvalue weighted by molar-refractivity contribution is -0.137. The molecule has 0 heterocycles. The van der Waals surface area contributed by atoms with E-state index in [1.165, 1.54) is 0 Å². The normalized spacial score (nSPS) is 25.7. The van der Waals surface area contributed by atoms with E-state index in [2.05, 4.69) is 0 Å². The third-order valence-corrected chi connectivity index (χ3v) is 5.47. The van der Waals surface area contributed by atoms with E-state index in [-0.39, 0.29) is 18.3 Å². The van der Waals surface area contributed by atoms with Crippen molar-refractivity contribution in [2.45, 2.75) is 50.4 Å². The molecule has 1 aromatic rings. The Hall–Kier alpha value is -2.15. The molecule has 1 aliphatic carbocycles. The van der Waals surface area contributed by atoms with Crippen LogP contribution in [0.1, 0.15) is 32.1 Å². The molecule has 29 heavy (non-hydrogen) atoms. The quantitative estimate of drug-likeness (QED) is 0.335. The average Bonchev–Trinajstić information content (AvgIpc) is 2.95. The van der Waals surface area contributed by atoms with E-state index in [0.717, 1.165) is 5.69 Å². The predicted octanol–water partition coefficient (Wildman–Crippen LogP) is 2.60. The van der Waals surface area contributed by atoms with E-state index >= 15 is 0 Å². The number of anilines is 1. The summed E-state index contributed by atoms with van der Waals surface area (Å²) >= 11 is 0. The van der Waals surface area contributed by atoms with Gasteiger partial charge in [-0.15, -0.1) is 0 Å². The zero-order chi connectivity index (χ0) is 21.2. The Labute approximate surface area is 172 Å². The van der Waals surface area contributed by atoms with Gasteiger partial charge in [0, 0.05) is 38.0 Å². The summed E-state index contributed by atoms with van der Waals surface area (Å²) in [4.78, 5) is 12.5. The number of rotatable bonds is 11. The van der Waals surface area contributed by atoms with Gasteiger partial charge >= 0.3 is 5.97 Å². The van der Waals surface area contributed by atoms with E-state index < -0.39 is 24.3 Å². The highest BCUT2D eigenvalue weighted by Crippen LogP contribution is 2.36. The number of aliphatic carboxylic acids is 1. The van der Waals surface area contributed by atoms with Gasteiger partial charge in [0.1, 0.15) is 0 Å². The number of carboxylic acid groups (broad SMARTS) is 1. The van der Waals surface area contributed by atoms with Crippen LogP contribution >= 0.6 is 0 Å². The highest BCUT2D eigenvalue weighted by molar-refractivity contribution is 5.66. The first-order chi connectivity index (χ1) is 13.9. The van der Waals surface area contributed by atoms with Crippen LogP contribution in [0.3, 0.4) is 0 Å². The molecule has 1 aromatic carbocycles. The minimum absolute atomic E-state index is 0.115. The molecule has 4 N–H and O–H groups in total. The second kappa shape index (κ2) is 11.8. The number of carbonyl (C=O) groups is 1. The first kappa shape index (κ1) is 23.1. The van der Waals surface area contributed by atoms with Gasteiger partial charge in [0.05, 0.1) is 18.3 Å². The Morgan fingerprint density at radius 1 is 1.21 bits per heavy atom. The monoisotopic (exact) mass is 403 g/mol. The Balaban J connectivity index is 1.87. The van der Waals surface area contributed by atoms with Gasteiger partial charge in [-0.25, -0.2) is 0 Å². The van der Waals surface area contributed by atoms with E-state index in [0.29, 0.717) is 32.2 Å². The van der Waals surface area contributed by atoms with Gasteiger partial charge in [-0.2, -0.15) is 0 Å². The van der Waals surface area contributed by atoms with Gasteiger partial charge in [-0.1, -0.05) is 42.5 Å². The molecular weight excluding hydrogens is 370 g/mol. The summed E-state index contributed by atoms with van der Waals surface area (Å²) in [5.74, 6) is -1.13. The molecule has 1 saturated carbocycles. The van der Waals surface area contributed by atoms with Crippen molar-refractivity contribution in [1.29, 1.82) is 0 Å². The smallest absolute Gasteiger partial charge is 0.303 e. The van der Waals surface area contributed by atoms with E-state index in [1.54, 1.807) is 6.08 Å². The van der Waals surface area contributed by atoms with Crippen molar-refractivity contribution >= 4 is 11.7 Å². The first-order valence-corrected chi connectivity index (χ1v) is 10.2. The summed E-state index contributed by atoms with van der Waals surface area (Å²) in [5, 5.41) is 39.6. The number of hydrogen-bond donors (Lipinski definition) is 4. The summed E-state index contributed by atoms with van der Waals surface area (Å²) < 4.78 is 0. The Kier molecular flexibility index (Phi) is 9.38. The van der Waals surface area contributed by atoms with Gasteiger partial charge in [-0.3, -0.25) is 4.79 Å². The number of benzene rings is 1. The van der Waals surface area contributed by atoms with Crippen LogP contribution in [0.25, 0.3) is 0 Å². The maximum Gasteiger partial charge on any atom is 0.303 e. The fraction of sp³-hybridized carbons (Fsp3) is 0.522. The van der Waals surface area contributed by atoms with Crippen molar-refractivity contribution in [3.05, 3.63) is 54.6 Å². The summed E-state index contributed by atoms with van der Waals surface area (Å²) in [6.45, 7) is 0.431. The molecule has 2 rings (SSSR count). The largest absolute Gasteiger partial charge is 0.481 e. The molecule has 0 spiro atoms. The molecule has 6 heteroatoms. The zero-order valence-corrected chi connectivity index (χ0v) is 17.0. The molecular formula is C23H33NO5. The summed E-state index contributed by atoms with van der Waals surface area (Å²) in [5.41, 5.74) is 1.02. The maximum absolute atomic E-state index is 10.5. The molecule has 1 fully saturated rings. The molecule has 0 bridgehead atoms. The first-order valence-electron chi connectivity index (χ1n) is 10.2. The number of likely N-dealkylation sites (N-methyl/N-ethyl adjacent to an activating group) is 1. The fourth-order valence-electron chi connectivity index (χ4n) is 3.83. The second-order valence-electron chi connectivity index (χ2n) is 7.77. The van der Waals surface area contributed by atoms with E-state index in [1.807, 2.05) is 60.5 Å². The van der Waals surface area contributed by atoms with Gasteiger partial charge in [-0.05, 0) is 37.3 Å². The number of unbranched alkanes of at least 4 members (excludes halogenated alkanes) is 1. The molecule has 6 nitrogen and oxygen atoms in total. The predicted molar refractivity (Wildman–Crippen MR) is 114 cm³/mol. The lowest BCUT2D eigenvalue weighted by Crippen LogP contribution is -2.28. The van der Waals surface area contributed by atoms with Gasteiger partial charge in [0.15, 0.2) is 0 Å². The lowest BCUT2D eigenvalue weighted by Gasteiger charge is -2.22. The Morgan fingerprint density at radius 3 is 2.62 bits per heavy atom. The number of aliphatic hydroxyl groups is 3. The number of nitrogens with zero attached hydrogens (tertiary/aromatic N) is 1. The number of hydrogen-bond acceptors (Lipinski definition) is 5. The topological polar surface area (TPSA) is 101 Å². The van der Waals surface area contributed by atoms with Crippen molar-refractivity contribution in [1.82, 2.24) is 0 Å². The highest BCUT2D eigenvalue weighted by atomic mass is 16.4. The second-order valence-corrected chi connectivity index (χ2v) is 7.77.